The summed E-state index contributed by atoms with van der Waals surface area (Å²) < 4.78 is 17.5. The number of hydrogen-bond acceptors (Lipinski definition) is 3. The molecule has 0 aliphatic heterocycles. The Morgan fingerprint density at radius 3 is 1.59 bits per heavy atom. The summed E-state index contributed by atoms with van der Waals surface area (Å²) in [5, 5.41) is 0. The Kier molecular flexibility index (Phi) is 21.1. The zero-order valence-corrected chi connectivity index (χ0v) is 18.8. The van der Waals surface area contributed by atoms with E-state index in [9.17, 15) is 0 Å². The standard InChI is InChI=1S/C14H32O3Si.C3H8Si/c1-5-9-10-11-12-13-14-18(15-6-2,16-7-3)17-8-4;1-2-3-4/h5-14H2,1-4H3;2H,1,3H2,4H3. The van der Waals surface area contributed by atoms with Crippen LogP contribution in [0.3, 0.4) is 0 Å². The highest BCUT2D eigenvalue weighted by molar-refractivity contribution is 6.60. The van der Waals surface area contributed by atoms with Crippen molar-refractivity contribution in [1.82, 2.24) is 0 Å². The fraction of sp³-hybridized carbons (Fsp3) is 0.882. The Bertz CT molecular complexity index is 209. The molecule has 0 aliphatic carbocycles. The lowest BCUT2D eigenvalue weighted by atomic mass is 10.1. The topological polar surface area (TPSA) is 27.7 Å². The first-order valence-corrected chi connectivity index (χ1v) is 12.5. The first kappa shape index (κ1) is 24.3. The Morgan fingerprint density at radius 1 is 0.818 bits per heavy atom. The predicted molar refractivity (Wildman–Crippen MR) is 104 cm³/mol. The molecule has 0 amide bonds. The summed E-state index contributed by atoms with van der Waals surface area (Å²) in [7, 11) is -1.09. The highest BCUT2D eigenvalue weighted by Gasteiger charge is 2.39. The van der Waals surface area contributed by atoms with E-state index < -0.39 is 8.80 Å². The first-order chi connectivity index (χ1) is 10.7. The number of rotatable bonds is 14. The van der Waals surface area contributed by atoms with Gasteiger partial charge in [0.1, 0.15) is 0 Å². The van der Waals surface area contributed by atoms with Crippen LogP contribution in [0.5, 0.6) is 0 Å². The molecule has 0 spiro atoms. The van der Waals surface area contributed by atoms with Gasteiger partial charge in [0.15, 0.2) is 0 Å². The van der Waals surface area contributed by atoms with Crippen molar-refractivity contribution in [3.63, 3.8) is 0 Å². The minimum Gasteiger partial charge on any atom is -0.374 e. The lowest BCUT2D eigenvalue weighted by molar-refractivity contribution is 0.0706. The molecule has 0 N–H and O–H groups in total. The van der Waals surface area contributed by atoms with E-state index in [2.05, 4.69) is 13.5 Å². The monoisotopic (exact) mass is 348 g/mol. The van der Waals surface area contributed by atoms with Crippen molar-refractivity contribution in [2.45, 2.75) is 78.3 Å². The van der Waals surface area contributed by atoms with Crippen molar-refractivity contribution in [3.05, 3.63) is 12.7 Å². The minimum atomic E-state index is -2.36. The van der Waals surface area contributed by atoms with E-state index in [1.807, 2.05) is 26.8 Å². The van der Waals surface area contributed by atoms with Gasteiger partial charge in [-0.1, -0.05) is 45.1 Å². The fourth-order valence-corrected chi connectivity index (χ4v) is 4.81. The molecule has 0 heterocycles. The molecular formula is C17H40O3Si2. The van der Waals surface area contributed by atoms with Crippen molar-refractivity contribution < 1.29 is 13.3 Å². The van der Waals surface area contributed by atoms with E-state index in [1.165, 1.54) is 48.4 Å². The average molecular weight is 349 g/mol. The van der Waals surface area contributed by atoms with Crippen LogP contribution in [0.15, 0.2) is 12.7 Å². The van der Waals surface area contributed by atoms with Gasteiger partial charge in [-0.2, -0.15) is 0 Å². The predicted octanol–water partition coefficient (Wildman–Crippen LogP) is 4.35. The summed E-state index contributed by atoms with van der Waals surface area (Å²) in [6, 6.07) is 2.19. The van der Waals surface area contributed by atoms with Gasteiger partial charge in [-0.05, 0) is 33.2 Å². The SMILES string of the molecule is C=CC[SiH3].CCCCCCCC[Si](OCC)(OCC)OCC. The van der Waals surface area contributed by atoms with Gasteiger partial charge in [-0.25, -0.2) is 0 Å². The zero-order valence-electron chi connectivity index (χ0n) is 15.8. The number of allylic oxidation sites excluding steroid dienone is 1. The third kappa shape index (κ3) is 15.0. The second kappa shape index (κ2) is 19.1. The highest BCUT2D eigenvalue weighted by atomic mass is 28.4. The van der Waals surface area contributed by atoms with Crippen molar-refractivity contribution in [2.24, 2.45) is 0 Å². The third-order valence-electron chi connectivity index (χ3n) is 3.22. The van der Waals surface area contributed by atoms with Crippen LogP contribution in [0, 0.1) is 0 Å². The van der Waals surface area contributed by atoms with Gasteiger partial charge in [0.25, 0.3) is 0 Å². The number of hydrogen-bond donors (Lipinski definition) is 0. The smallest absolute Gasteiger partial charge is 0.374 e. The van der Waals surface area contributed by atoms with Crippen LogP contribution in [0.25, 0.3) is 0 Å². The van der Waals surface area contributed by atoms with Crippen LogP contribution in [0.1, 0.15) is 66.2 Å². The lowest BCUT2D eigenvalue weighted by Crippen LogP contribution is -2.45. The summed E-state index contributed by atoms with van der Waals surface area (Å²) in [4.78, 5) is 0. The molecule has 0 atom stereocenters. The van der Waals surface area contributed by atoms with Gasteiger partial charge in [0, 0.05) is 36.1 Å². The van der Waals surface area contributed by atoms with Crippen molar-refractivity contribution in [3.8, 4) is 0 Å². The Labute approximate surface area is 143 Å². The van der Waals surface area contributed by atoms with Crippen LogP contribution < -0.4 is 0 Å². The van der Waals surface area contributed by atoms with Crippen LogP contribution >= 0.6 is 0 Å². The van der Waals surface area contributed by atoms with Crippen molar-refractivity contribution >= 4 is 19.0 Å². The molecule has 0 radical (unpaired) electrons. The van der Waals surface area contributed by atoms with E-state index in [1.54, 1.807) is 0 Å². The normalized spacial score (nSPS) is 11.1. The van der Waals surface area contributed by atoms with Gasteiger partial charge >= 0.3 is 8.80 Å². The van der Waals surface area contributed by atoms with Crippen LogP contribution in [0.2, 0.25) is 12.1 Å². The third-order valence-corrected chi connectivity index (χ3v) is 6.95. The van der Waals surface area contributed by atoms with E-state index in [0.29, 0.717) is 19.8 Å². The van der Waals surface area contributed by atoms with Crippen LogP contribution in [0.4, 0.5) is 0 Å². The molecule has 5 heteroatoms. The van der Waals surface area contributed by atoms with Gasteiger partial charge in [-0.3, -0.25) is 0 Å². The highest BCUT2D eigenvalue weighted by Crippen LogP contribution is 2.20. The van der Waals surface area contributed by atoms with E-state index in [-0.39, 0.29) is 0 Å². The maximum atomic E-state index is 5.83. The molecule has 3 nitrogen and oxygen atoms in total. The zero-order chi connectivity index (χ0) is 17.1. The molecule has 0 aromatic rings. The van der Waals surface area contributed by atoms with E-state index in [0.717, 1.165) is 12.5 Å². The first-order valence-electron chi connectivity index (χ1n) is 9.18. The maximum absolute atomic E-state index is 5.83. The average Bonchev–Trinajstić information content (AvgIpc) is 2.52. The molecular weight excluding hydrogens is 308 g/mol. The quantitative estimate of drug-likeness (QED) is 0.265. The van der Waals surface area contributed by atoms with Gasteiger partial charge in [0.2, 0.25) is 0 Å². The molecule has 134 valence electrons. The van der Waals surface area contributed by atoms with Gasteiger partial charge in [-0.15, -0.1) is 6.58 Å². The van der Waals surface area contributed by atoms with Crippen molar-refractivity contribution in [2.75, 3.05) is 19.8 Å². The molecule has 0 bridgehead atoms. The van der Waals surface area contributed by atoms with Gasteiger partial charge in [0.05, 0.1) is 0 Å². The summed E-state index contributed by atoms with van der Waals surface area (Å²) in [6.07, 6.45) is 9.69. The molecule has 0 rings (SSSR count). The number of unbranched alkanes of at least 4 members (excludes halogenated alkanes) is 5. The minimum absolute atomic E-state index is 0.683. The van der Waals surface area contributed by atoms with Crippen LogP contribution in [-0.2, 0) is 13.3 Å². The Morgan fingerprint density at radius 2 is 1.23 bits per heavy atom. The maximum Gasteiger partial charge on any atom is 0.500 e. The second-order valence-electron chi connectivity index (χ2n) is 5.20. The molecule has 0 aromatic carbocycles. The Balaban J connectivity index is 0. The second-order valence-corrected chi connectivity index (χ2v) is 8.75. The summed E-state index contributed by atoms with van der Waals surface area (Å²) in [6.45, 7) is 13.9. The lowest BCUT2D eigenvalue weighted by Gasteiger charge is -2.28. The molecule has 0 fully saturated rings. The molecule has 0 saturated heterocycles. The summed E-state index contributed by atoms with van der Waals surface area (Å²) >= 11 is 0. The molecule has 0 aliphatic rings. The molecule has 0 saturated carbocycles. The van der Waals surface area contributed by atoms with Crippen LogP contribution in [-0.4, -0.2) is 38.9 Å². The van der Waals surface area contributed by atoms with E-state index >= 15 is 0 Å². The summed E-state index contributed by atoms with van der Waals surface area (Å²) in [5.74, 6) is 0. The van der Waals surface area contributed by atoms with Gasteiger partial charge < -0.3 is 13.3 Å². The summed E-state index contributed by atoms with van der Waals surface area (Å²) in [5.41, 5.74) is 0. The largest absolute Gasteiger partial charge is 0.500 e. The molecule has 0 unspecified atom stereocenters. The van der Waals surface area contributed by atoms with E-state index in [4.69, 9.17) is 13.3 Å². The Hall–Kier alpha value is 0.0538. The molecule has 0 aromatic heterocycles. The fourth-order valence-electron chi connectivity index (χ4n) is 2.12. The van der Waals surface area contributed by atoms with Crippen molar-refractivity contribution in [1.29, 1.82) is 0 Å². The molecule has 22 heavy (non-hydrogen) atoms.